The molecule has 3 N–H and O–H groups in total. The Labute approximate surface area is 144 Å². The first-order valence-corrected chi connectivity index (χ1v) is 8.14. The summed E-state index contributed by atoms with van der Waals surface area (Å²) < 4.78 is 0. The highest BCUT2D eigenvalue weighted by molar-refractivity contribution is 6.30. The van der Waals surface area contributed by atoms with Crippen LogP contribution in [0, 0.1) is 0 Å². The zero-order valence-electron chi connectivity index (χ0n) is 12.9. The molecule has 4 amide bonds. The second kappa shape index (κ2) is 6.51. The summed E-state index contributed by atoms with van der Waals surface area (Å²) in [6.45, 7) is 0.785. The zero-order valence-corrected chi connectivity index (χ0v) is 13.7. The van der Waals surface area contributed by atoms with Gasteiger partial charge in [-0.05, 0) is 30.5 Å². The van der Waals surface area contributed by atoms with Gasteiger partial charge in [0.15, 0.2) is 5.54 Å². The third-order valence-electron chi connectivity index (χ3n) is 4.58. The monoisotopic (exact) mass is 351 g/mol. The largest absolute Gasteiger partial charge is 0.393 e. The number of urea groups is 1. The lowest BCUT2D eigenvalue weighted by molar-refractivity contribution is -0.149. The molecule has 7 nitrogen and oxygen atoms in total. The molecule has 2 aliphatic heterocycles. The van der Waals surface area contributed by atoms with Crippen LogP contribution >= 0.6 is 11.6 Å². The first-order valence-electron chi connectivity index (χ1n) is 7.76. The van der Waals surface area contributed by atoms with Gasteiger partial charge in [-0.2, -0.15) is 0 Å². The summed E-state index contributed by atoms with van der Waals surface area (Å²) in [5.41, 5.74) is -0.757. The van der Waals surface area contributed by atoms with Crippen LogP contribution in [0.15, 0.2) is 24.3 Å². The van der Waals surface area contributed by atoms with Crippen LogP contribution < -0.4 is 10.6 Å². The average molecular weight is 352 g/mol. The molecule has 2 fully saturated rings. The molecule has 0 saturated carbocycles. The normalized spacial score (nSPS) is 22.2. The maximum absolute atomic E-state index is 12.7. The average Bonchev–Trinajstić information content (AvgIpc) is 2.54. The SMILES string of the molecule is O=C1NC(=O)C(Cc2ccc(Cl)cc2)(N2CCC(O)CC2)C(=O)N1. The molecule has 8 heteroatoms. The number of carbonyl (C=O) groups excluding carboxylic acids is 3. The Kier molecular flexibility index (Phi) is 4.58. The lowest BCUT2D eigenvalue weighted by atomic mass is 9.84. The second-order valence-electron chi connectivity index (χ2n) is 6.12. The van der Waals surface area contributed by atoms with Crippen molar-refractivity contribution in [1.82, 2.24) is 15.5 Å². The number of barbiturate groups is 1. The van der Waals surface area contributed by atoms with Gasteiger partial charge in [0.2, 0.25) is 0 Å². The Morgan fingerprint density at radius 1 is 1.08 bits per heavy atom. The van der Waals surface area contributed by atoms with Gasteiger partial charge in [-0.1, -0.05) is 23.7 Å². The highest BCUT2D eigenvalue weighted by atomic mass is 35.5. The van der Waals surface area contributed by atoms with Gasteiger partial charge in [0.1, 0.15) is 0 Å². The minimum Gasteiger partial charge on any atom is -0.393 e. The van der Waals surface area contributed by atoms with E-state index in [0.29, 0.717) is 31.0 Å². The van der Waals surface area contributed by atoms with Crippen LogP contribution in [-0.2, 0) is 16.0 Å². The third-order valence-corrected chi connectivity index (χ3v) is 4.83. The van der Waals surface area contributed by atoms with E-state index in [1.807, 2.05) is 0 Å². The van der Waals surface area contributed by atoms with E-state index in [4.69, 9.17) is 11.6 Å². The standard InChI is InChI=1S/C16H18ClN3O4/c17-11-3-1-10(2-4-11)9-16(20-7-5-12(21)6-8-20)13(22)18-15(24)19-14(16)23/h1-4,12,21H,5-9H2,(H2,18,19,22,23,24). The number of benzene rings is 1. The smallest absolute Gasteiger partial charge is 0.328 e. The lowest BCUT2D eigenvalue weighted by Crippen LogP contribution is -2.74. The number of aliphatic hydroxyl groups is 1. The molecule has 1 aromatic rings. The Hall–Kier alpha value is -1.96. The number of likely N-dealkylation sites (tertiary alicyclic amines) is 1. The van der Waals surface area contributed by atoms with Crippen LogP contribution in [0.25, 0.3) is 0 Å². The number of imide groups is 2. The molecule has 0 unspecified atom stereocenters. The van der Waals surface area contributed by atoms with Gasteiger partial charge >= 0.3 is 6.03 Å². The van der Waals surface area contributed by atoms with Crippen molar-refractivity contribution < 1.29 is 19.5 Å². The van der Waals surface area contributed by atoms with Crippen molar-refractivity contribution in [3.05, 3.63) is 34.9 Å². The van der Waals surface area contributed by atoms with Crippen molar-refractivity contribution in [2.45, 2.75) is 30.9 Å². The quantitative estimate of drug-likeness (QED) is 0.686. The maximum Gasteiger partial charge on any atom is 0.328 e. The molecule has 3 rings (SSSR count). The number of hydrogen-bond acceptors (Lipinski definition) is 5. The molecule has 0 bridgehead atoms. The van der Waals surface area contributed by atoms with E-state index in [2.05, 4.69) is 10.6 Å². The predicted octanol–water partition coefficient (Wildman–Crippen LogP) is 0.444. The molecule has 2 aliphatic rings. The summed E-state index contributed by atoms with van der Waals surface area (Å²) in [7, 11) is 0. The number of rotatable bonds is 3. The number of halogens is 1. The Morgan fingerprint density at radius 2 is 1.62 bits per heavy atom. The van der Waals surface area contributed by atoms with Gasteiger partial charge in [0.05, 0.1) is 6.10 Å². The van der Waals surface area contributed by atoms with Gasteiger partial charge in [-0.15, -0.1) is 0 Å². The fourth-order valence-electron chi connectivity index (χ4n) is 3.25. The molecule has 1 aromatic carbocycles. The van der Waals surface area contributed by atoms with Crippen molar-refractivity contribution in [2.24, 2.45) is 0 Å². The molecule has 0 spiro atoms. The van der Waals surface area contributed by atoms with Crippen LogP contribution in [0.2, 0.25) is 5.02 Å². The molecule has 0 radical (unpaired) electrons. The molecular formula is C16H18ClN3O4. The first-order chi connectivity index (χ1) is 11.4. The summed E-state index contributed by atoms with van der Waals surface area (Å²) in [5.74, 6) is -1.27. The Bertz CT molecular complexity index is 648. The van der Waals surface area contributed by atoms with Crippen LogP contribution in [0.1, 0.15) is 18.4 Å². The Morgan fingerprint density at radius 3 is 2.17 bits per heavy atom. The van der Waals surface area contributed by atoms with Gasteiger partial charge in [0, 0.05) is 24.5 Å². The zero-order chi connectivity index (χ0) is 17.3. The van der Waals surface area contributed by atoms with E-state index in [1.54, 1.807) is 29.2 Å². The number of amides is 4. The lowest BCUT2D eigenvalue weighted by Gasteiger charge is -2.45. The van der Waals surface area contributed by atoms with E-state index >= 15 is 0 Å². The predicted molar refractivity (Wildman–Crippen MR) is 86.4 cm³/mol. The number of aliphatic hydroxyl groups excluding tert-OH is 1. The van der Waals surface area contributed by atoms with Crippen molar-refractivity contribution in [2.75, 3.05) is 13.1 Å². The molecule has 0 aliphatic carbocycles. The van der Waals surface area contributed by atoms with E-state index < -0.39 is 29.5 Å². The minimum absolute atomic E-state index is 0.116. The van der Waals surface area contributed by atoms with Crippen molar-refractivity contribution in [3.63, 3.8) is 0 Å². The molecule has 0 aromatic heterocycles. The summed E-state index contributed by atoms with van der Waals surface area (Å²) >= 11 is 5.89. The van der Waals surface area contributed by atoms with Crippen LogP contribution in [-0.4, -0.2) is 52.6 Å². The summed E-state index contributed by atoms with van der Waals surface area (Å²) in [4.78, 5) is 38.5. The summed E-state index contributed by atoms with van der Waals surface area (Å²) in [6.07, 6.45) is 0.615. The highest BCUT2D eigenvalue weighted by Gasteiger charge is 2.54. The topological polar surface area (TPSA) is 98.7 Å². The number of hydrogen-bond donors (Lipinski definition) is 3. The molecule has 2 saturated heterocycles. The van der Waals surface area contributed by atoms with Crippen LogP contribution in [0.3, 0.4) is 0 Å². The van der Waals surface area contributed by atoms with Gasteiger partial charge < -0.3 is 5.11 Å². The van der Waals surface area contributed by atoms with Crippen molar-refractivity contribution in [3.8, 4) is 0 Å². The van der Waals surface area contributed by atoms with Gasteiger partial charge in [0.25, 0.3) is 11.8 Å². The number of nitrogens with one attached hydrogen (secondary N) is 2. The molecule has 2 heterocycles. The molecule has 128 valence electrons. The van der Waals surface area contributed by atoms with E-state index in [-0.39, 0.29) is 6.42 Å². The highest BCUT2D eigenvalue weighted by Crippen LogP contribution is 2.28. The molecule has 24 heavy (non-hydrogen) atoms. The van der Waals surface area contributed by atoms with E-state index in [9.17, 15) is 19.5 Å². The van der Waals surface area contributed by atoms with E-state index in [0.717, 1.165) is 5.56 Å². The fourth-order valence-corrected chi connectivity index (χ4v) is 3.38. The van der Waals surface area contributed by atoms with E-state index in [1.165, 1.54) is 0 Å². The fraction of sp³-hybridized carbons (Fsp3) is 0.438. The molecular weight excluding hydrogens is 334 g/mol. The van der Waals surface area contributed by atoms with Crippen molar-refractivity contribution in [1.29, 1.82) is 0 Å². The Balaban J connectivity index is 1.96. The third kappa shape index (κ3) is 3.02. The molecule has 0 atom stereocenters. The maximum atomic E-state index is 12.7. The number of piperidine rings is 1. The number of carbonyl (C=O) groups is 3. The van der Waals surface area contributed by atoms with Gasteiger partial charge in [-0.3, -0.25) is 25.1 Å². The van der Waals surface area contributed by atoms with Crippen LogP contribution in [0.4, 0.5) is 4.79 Å². The van der Waals surface area contributed by atoms with Gasteiger partial charge in [-0.25, -0.2) is 4.79 Å². The minimum atomic E-state index is -1.51. The second-order valence-corrected chi connectivity index (χ2v) is 6.56. The summed E-state index contributed by atoms with van der Waals surface area (Å²) in [6, 6.07) is 6.07. The first kappa shape index (κ1) is 16.9. The number of nitrogens with zero attached hydrogens (tertiary/aromatic N) is 1. The van der Waals surface area contributed by atoms with Crippen LogP contribution in [0.5, 0.6) is 0 Å². The summed E-state index contributed by atoms with van der Waals surface area (Å²) in [5, 5.41) is 14.7. The van der Waals surface area contributed by atoms with Crippen molar-refractivity contribution >= 4 is 29.4 Å².